The molecule has 61 heavy (non-hydrogen) atoms. The molecule has 0 atom stereocenters. The van der Waals surface area contributed by atoms with Crippen LogP contribution in [0.15, 0.2) is 206 Å². The van der Waals surface area contributed by atoms with E-state index in [1.54, 1.807) is 0 Å². The molecule has 12 aromatic carbocycles. The summed E-state index contributed by atoms with van der Waals surface area (Å²) in [4.78, 5) is 0. The zero-order valence-corrected chi connectivity index (χ0v) is 34.1. The van der Waals surface area contributed by atoms with Gasteiger partial charge in [0, 0.05) is 5.41 Å². The summed E-state index contributed by atoms with van der Waals surface area (Å²) >= 11 is 0. The Hall–Kier alpha value is -7.54. The molecule has 0 N–H and O–H groups in total. The Kier molecular flexibility index (Phi) is 7.17. The van der Waals surface area contributed by atoms with Gasteiger partial charge in [0.1, 0.15) is 0 Å². The van der Waals surface area contributed by atoms with Crippen molar-refractivity contribution in [2.75, 3.05) is 0 Å². The van der Waals surface area contributed by atoms with E-state index in [0.717, 1.165) is 0 Å². The number of fused-ring (bicyclic) bond motifs is 15. The van der Waals surface area contributed by atoms with E-state index in [-0.39, 0.29) is 5.41 Å². The highest BCUT2D eigenvalue weighted by Gasteiger charge is 2.39. The summed E-state index contributed by atoms with van der Waals surface area (Å²) in [5.41, 5.74) is 13.0. The van der Waals surface area contributed by atoms with Crippen molar-refractivity contribution in [1.82, 2.24) is 0 Å². The van der Waals surface area contributed by atoms with E-state index >= 15 is 0 Å². The highest BCUT2D eigenvalue weighted by atomic mass is 14.4. The van der Waals surface area contributed by atoms with Crippen molar-refractivity contribution in [3.8, 4) is 44.5 Å². The Morgan fingerprint density at radius 1 is 0.246 bits per heavy atom. The zero-order valence-electron chi connectivity index (χ0n) is 34.1. The van der Waals surface area contributed by atoms with E-state index in [2.05, 4.69) is 220 Å². The molecule has 0 unspecified atom stereocenters. The summed E-state index contributed by atoms with van der Waals surface area (Å²) in [6.45, 7) is 4.85. The smallest absolute Gasteiger partial charge is 0.0171 e. The van der Waals surface area contributed by atoms with E-state index in [1.165, 1.54) is 131 Å². The van der Waals surface area contributed by atoms with Crippen LogP contribution in [0.25, 0.3) is 120 Å². The number of benzene rings is 12. The number of rotatable bonds is 3. The summed E-state index contributed by atoms with van der Waals surface area (Å²) in [5, 5.41) is 18.2. The molecule has 12 aromatic rings. The second-order valence-corrected chi connectivity index (χ2v) is 17.5. The third-order valence-electron chi connectivity index (χ3n) is 13.9. The van der Waals surface area contributed by atoms with E-state index < -0.39 is 0 Å². The van der Waals surface area contributed by atoms with Crippen LogP contribution in [-0.4, -0.2) is 0 Å². The first-order valence-corrected chi connectivity index (χ1v) is 21.5. The third-order valence-corrected chi connectivity index (χ3v) is 13.9. The van der Waals surface area contributed by atoms with Gasteiger partial charge in [0.15, 0.2) is 0 Å². The summed E-state index contributed by atoms with van der Waals surface area (Å²) in [6.07, 6.45) is 0. The van der Waals surface area contributed by atoms with E-state index in [0.29, 0.717) is 0 Å². The molecule has 13 rings (SSSR count). The normalized spacial score (nSPS) is 13.2. The molecule has 0 saturated carbocycles. The highest BCUT2D eigenvalue weighted by molar-refractivity contribution is 6.26. The van der Waals surface area contributed by atoms with Crippen LogP contribution in [0, 0.1) is 0 Å². The topological polar surface area (TPSA) is 0 Å². The fourth-order valence-corrected chi connectivity index (χ4v) is 11.4. The molecule has 0 aliphatic heterocycles. The molecule has 0 bridgehead atoms. The van der Waals surface area contributed by atoms with Crippen LogP contribution in [0.1, 0.15) is 25.0 Å². The van der Waals surface area contributed by atoms with Gasteiger partial charge in [-0.15, -0.1) is 0 Å². The highest BCUT2D eigenvalue weighted by Crippen LogP contribution is 2.56. The van der Waals surface area contributed by atoms with Crippen LogP contribution in [0.3, 0.4) is 0 Å². The van der Waals surface area contributed by atoms with Gasteiger partial charge in [-0.05, 0) is 143 Å². The number of hydrogen-bond acceptors (Lipinski definition) is 0. The molecule has 0 spiro atoms. The van der Waals surface area contributed by atoms with Gasteiger partial charge in [0.05, 0.1) is 0 Å². The van der Waals surface area contributed by atoms with Crippen molar-refractivity contribution < 1.29 is 0 Å². The van der Waals surface area contributed by atoms with E-state index in [4.69, 9.17) is 0 Å². The lowest BCUT2D eigenvalue weighted by Crippen LogP contribution is -2.16. The lowest BCUT2D eigenvalue weighted by atomic mass is 9.77. The SMILES string of the molecule is CC1(C)c2c(ccc3cc(-c4ccc(-c5c6ccccc6c(-c6cc7ccccc7c7ccccc67)c6ccccc56)cc4)ccc23)-c2c1c1ccccc1c1ccccc21. The first-order valence-electron chi connectivity index (χ1n) is 21.5. The fraction of sp³-hybridized carbons (Fsp3) is 0.0492. The predicted molar refractivity (Wildman–Crippen MR) is 263 cm³/mol. The first-order chi connectivity index (χ1) is 30.0. The van der Waals surface area contributed by atoms with Gasteiger partial charge < -0.3 is 0 Å². The van der Waals surface area contributed by atoms with Crippen molar-refractivity contribution in [1.29, 1.82) is 0 Å². The van der Waals surface area contributed by atoms with Gasteiger partial charge in [-0.25, -0.2) is 0 Å². The molecular weight excluding hydrogens is 733 g/mol. The maximum absolute atomic E-state index is 2.43. The van der Waals surface area contributed by atoms with Crippen LogP contribution in [0.5, 0.6) is 0 Å². The Morgan fingerprint density at radius 2 is 0.689 bits per heavy atom. The minimum Gasteiger partial charge on any atom is -0.0616 e. The van der Waals surface area contributed by atoms with Crippen molar-refractivity contribution in [2.24, 2.45) is 0 Å². The van der Waals surface area contributed by atoms with Gasteiger partial charge in [0.2, 0.25) is 0 Å². The molecule has 0 heteroatoms. The Morgan fingerprint density at radius 3 is 1.33 bits per heavy atom. The zero-order chi connectivity index (χ0) is 40.4. The monoisotopic (exact) mass is 772 g/mol. The van der Waals surface area contributed by atoms with Gasteiger partial charge in [-0.2, -0.15) is 0 Å². The fourth-order valence-electron chi connectivity index (χ4n) is 11.4. The van der Waals surface area contributed by atoms with Crippen LogP contribution in [0.4, 0.5) is 0 Å². The van der Waals surface area contributed by atoms with Crippen molar-refractivity contribution in [3.05, 3.63) is 217 Å². The average molecular weight is 773 g/mol. The maximum Gasteiger partial charge on any atom is 0.0171 e. The second kappa shape index (κ2) is 12.7. The Bertz CT molecular complexity index is 3770. The minimum atomic E-state index is -0.153. The molecule has 0 radical (unpaired) electrons. The molecule has 0 aromatic heterocycles. The quantitative estimate of drug-likeness (QED) is 0.124. The first kappa shape index (κ1) is 34.3. The lowest BCUT2D eigenvalue weighted by molar-refractivity contribution is 0.672. The summed E-state index contributed by atoms with van der Waals surface area (Å²) < 4.78 is 0. The van der Waals surface area contributed by atoms with Crippen molar-refractivity contribution in [3.63, 3.8) is 0 Å². The molecular formula is C61H40. The van der Waals surface area contributed by atoms with Crippen LogP contribution < -0.4 is 0 Å². The summed E-state index contributed by atoms with van der Waals surface area (Å²) in [6, 6.07) is 77.2. The summed E-state index contributed by atoms with van der Waals surface area (Å²) in [7, 11) is 0. The average Bonchev–Trinajstić information content (AvgIpc) is 3.57. The van der Waals surface area contributed by atoms with E-state index in [9.17, 15) is 0 Å². The number of hydrogen-bond donors (Lipinski definition) is 0. The Balaban J connectivity index is 0.948. The van der Waals surface area contributed by atoms with Crippen molar-refractivity contribution in [2.45, 2.75) is 19.3 Å². The van der Waals surface area contributed by atoms with Crippen LogP contribution >= 0.6 is 0 Å². The molecule has 0 fully saturated rings. The largest absolute Gasteiger partial charge is 0.0616 e. The molecule has 0 amide bonds. The molecule has 0 heterocycles. The van der Waals surface area contributed by atoms with Crippen molar-refractivity contribution >= 4 is 75.4 Å². The molecule has 0 nitrogen and oxygen atoms in total. The Labute approximate surface area is 355 Å². The standard InChI is InChI=1S/C61H40/c1-61(2)59-43-33-31-39(35-41(43)32-34-54(59)58-48-21-9-7-18-45(48)46-19-8-14-26-53(46)60(58)61)37-27-29-38(30-28-37)56-49-22-10-12-24-51(49)57(52-25-13-11-23-50(52)56)55-36-40-15-3-4-16-42(40)44-17-5-6-20-47(44)55/h3-36H,1-2H3. The van der Waals surface area contributed by atoms with Gasteiger partial charge in [-0.1, -0.05) is 208 Å². The van der Waals surface area contributed by atoms with Gasteiger partial charge in [-0.3, -0.25) is 0 Å². The predicted octanol–water partition coefficient (Wildman–Crippen LogP) is 17.1. The second-order valence-electron chi connectivity index (χ2n) is 17.5. The van der Waals surface area contributed by atoms with E-state index in [1.807, 2.05) is 0 Å². The van der Waals surface area contributed by atoms with Gasteiger partial charge in [0.25, 0.3) is 0 Å². The molecule has 0 saturated heterocycles. The van der Waals surface area contributed by atoms with Crippen LogP contribution in [0.2, 0.25) is 0 Å². The maximum atomic E-state index is 2.43. The van der Waals surface area contributed by atoms with Crippen LogP contribution in [-0.2, 0) is 5.41 Å². The summed E-state index contributed by atoms with van der Waals surface area (Å²) in [5.74, 6) is 0. The minimum absolute atomic E-state index is 0.153. The van der Waals surface area contributed by atoms with Gasteiger partial charge >= 0.3 is 0 Å². The molecule has 1 aliphatic carbocycles. The third kappa shape index (κ3) is 4.82. The molecule has 1 aliphatic rings. The lowest BCUT2D eigenvalue weighted by Gasteiger charge is -2.25. The molecule has 284 valence electrons.